The van der Waals surface area contributed by atoms with Gasteiger partial charge >= 0.3 is 0 Å². The zero-order valence-electron chi connectivity index (χ0n) is 19.6. The third kappa shape index (κ3) is 4.47. The highest BCUT2D eigenvalue weighted by atomic mass is 16.5. The number of hydrogen-bond acceptors (Lipinski definition) is 6. The number of ether oxygens (including phenoxy) is 4. The standard InChI is InChI=1S/C26H27N3O5/c1-31-21-12-8-5-9-17(21)16-29-20-11-7-6-10-19(20)28-24(29)15-27-26(30)18-13-22(32-2)25(34-4)23(14-18)33-3/h5-14H,15-16H2,1-4H3,(H,27,30). The van der Waals surface area contributed by atoms with Gasteiger partial charge in [-0.25, -0.2) is 4.98 Å². The zero-order valence-corrected chi connectivity index (χ0v) is 19.6. The first-order valence-electron chi connectivity index (χ1n) is 10.7. The molecule has 1 aromatic heterocycles. The van der Waals surface area contributed by atoms with Crippen LogP contribution in [0.4, 0.5) is 0 Å². The van der Waals surface area contributed by atoms with E-state index in [-0.39, 0.29) is 12.5 Å². The number of rotatable bonds is 9. The van der Waals surface area contributed by atoms with E-state index in [1.807, 2.05) is 48.5 Å². The Labute approximate surface area is 198 Å². The average Bonchev–Trinajstić information content (AvgIpc) is 3.23. The number of benzene rings is 3. The van der Waals surface area contributed by atoms with Crippen LogP contribution in [-0.2, 0) is 13.1 Å². The normalized spacial score (nSPS) is 10.7. The Bertz CT molecular complexity index is 1290. The monoisotopic (exact) mass is 461 g/mol. The summed E-state index contributed by atoms with van der Waals surface area (Å²) in [5.41, 5.74) is 3.24. The second kappa shape index (κ2) is 10.2. The molecule has 0 atom stereocenters. The van der Waals surface area contributed by atoms with Crippen molar-refractivity contribution in [2.75, 3.05) is 28.4 Å². The number of hydrogen-bond donors (Lipinski definition) is 1. The van der Waals surface area contributed by atoms with Gasteiger partial charge in [0.25, 0.3) is 5.91 Å². The maximum Gasteiger partial charge on any atom is 0.251 e. The molecule has 1 amide bonds. The van der Waals surface area contributed by atoms with Crippen molar-refractivity contribution >= 4 is 16.9 Å². The number of imidazole rings is 1. The third-order valence-electron chi connectivity index (χ3n) is 5.59. The maximum absolute atomic E-state index is 13.0. The maximum atomic E-state index is 13.0. The van der Waals surface area contributed by atoms with Crippen molar-refractivity contribution in [1.82, 2.24) is 14.9 Å². The number of carbonyl (C=O) groups is 1. The Balaban J connectivity index is 1.63. The number of nitrogens with zero attached hydrogens (tertiary/aromatic N) is 2. The molecule has 3 aromatic carbocycles. The van der Waals surface area contributed by atoms with Crippen LogP contribution in [0.2, 0.25) is 0 Å². The molecule has 34 heavy (non-hydrogen) atoms. The zero-order chi connectivity index (χ0) is 24.1. The Kier molecular flexibility index (Phi) is 6.87. The first-order chi connectivity index (χ1) is 16.6. The van der Waals surface area contributed by atoms with Crippen molar-refractivity contribution < 1.29 is 23.7 Å². The summed E-state index contributed by atoms with van der Waals surface area (Å²) in [5, 5.41) is 2.97. The van der Waals surface area contributed by atoms with Crippen LogP contribution in [-0.4, -0.2) is 43.9 Å². The van der Waals surface area contributed by atoms with E-state index < -0.39 is 0 Å². The van der Waals surface area contributed by atoms with Gasteiger partial charge in [0.15, 0.2) is 11.5 Å². The Morgan fingerprint density at radius 2 is 1.50 bits per heavy atom. The molecule has 4 rings (SSSR count). The Hall–Kier alpha value is -4.20. The fourth-order valence-electron chi connectivity index (χ4n) is 3.91. The quantitative estimate of drug-likeness (QED) is 0.405. The lowest BCUT2D eigenvalue weighted by Gasteiger charge is -2.15. The van der Waals surface area contributed by atoms with E-state index in [1.165, 1.54) is 21.3 Å². The van der Waals surface area contributed by atoms with Crippen molar-refractivity contribution in [3.63, 3.8) is 0 Å². The van der Waals surface area contributed by atoms with Gasteiger partial charge in [0.05, 0.1) is 52.6 Å². The lowest BCUT2D eigenvalue weighted by Crippen LogP contribution is -2.25. The minimum Gasteiger partial charge on any atom is -0.496 e. The van der Waals surface area contributed by atoms with Crippen LogP contribution < -0.4 is 24.3 Å². The van der Waals surface area contributed by atoms with Crippen molar-refractivity contribution in [1.29, 1.82) is 0 Å². The van der Waals surface area contributed by atoms with Crippen molar-refractivity contribution in [3.05, 3.63) is 77.6 Å². The molecule has 176 valence electrons. The molecule has 0 unspecified atom stereocenters. The first kappa shape index (κ1) is 23.0. The highest BCUT2D eigenvalue weighted by Gasteiger charge is 2.18. The SMILES string of the molecule is COc1ccccc1Cn1c(CNC(=O)c2cc(OC)c(OC)c(OC)c2)nc2ccccc21. The topological polar surface area (TPSA) is 83.8 Å². The summed E-state index contributed by atoms with van der Waals surface area (Å²) in [5.74, 6) is 2.50. The molecule has 4 aromatic rings. The number of fused-ring (bicyclic) bond motifs is 1. The van der Waals surface area contributed by atoms with Gasteiger partial charge in [-0.2, -0.15) is 0 Å². The lowest BCUT2D eigenvalue weighted by molar-refractivity contribution is 0.0948. The number of nitrogens with one attached hydrogen (secondary N) is 1. The van der Waals surface area contributed by atoms with Crippen molar-refractivity contribution in [2.24, 2.45) is 0 Å². The molecule has 0 aliphatic heterocycles. The van der Waals surface area contributed by atoms with Gasteiger partial charge in [0, 0.05) is 11.1 Å². The summed E-state index contributed by atoms with van der Waals surface area (Å²) in [6.07, 6.45) is 0. The second-order valence-corrected chi connectivity index (χ2v) is 7.51. The van der Waals surface area contributed by atoms with E-state index in [1.54, 1.807) is 19.2 Å². The van der Waals surface area contributed by atoms with Crippen LogP contribution in [0.5, 0.6) is 23.0 Å². The van der Waals surface area contributed by atoms with Gasteiger partial charge < -0.3 is 28.8 Å². The van der Waals surface area contributed by atoms with Gasteiger partial charge in [-0.1, -0.05) is 30.3 Å². The van der Waals surface area contributed by atoms with E-state index in [9.17, 15) is 4.79 Å². The van der Waals surface area contributed by atoms with Crippen LogP contribution in [0.1, 0.15) is 21.7 Å². The number of carbonyl (C=O) groups excluding carboxylic acids is 1. The van der Waals surface area contributed by atoms with Gasteiger partial charge in [-0.15, -0.1) is 0 Å². The molecule has 8 heteroatoms. The van der Waals surface area contributed by atoms with E-state index in [0.29, 0.717) is 29.4 Å². The van der Waals surface area contributed by atoms with Gasteiger partial charge in [0.2, 0.25) is 5.75 Å². The van der Waals surface area contributed by atoms with Gasteiger partial charge in [-0.3, -0.25) is 4.79 Å². The molecular weight excluding hydrogens is 434 g/mol. The number of amides is 1. The highest BCUT2D eigenvalue weighted by molar-refractivity contribution is 5.95. The van der Waals surface area contributed by atoms with Crippen LogP contribution in [0.15, 0.2) is 60.7 Å². The molecular formula is C26H27N3O5. The molecule has 0 fully saturated rings. The summed E-state index contributed by atoms with van der Waals surface area (Å²) in [4.78, 5) is 17.8. The molecule has 0 aliphatic rings. The average molecular weight is 462 g/mol. The summed E-state index contributed by atoms with van der Waals surface area (Å²) in [6.45, 7) is 0.791. The Morgan fingerprint density at radius 3 is 2.18 bits per heavy atom. The first-order valence-corrected chi connectivity index (χ1v) is 10.7. The van der Waals surface area contributed by atoms with E-state index >= 15 is 0 Å². The number of aromatic nitrogens is 2. The second-order valence-electron chi connectivity index (χ2n) is 7.51. The van der Waals surface area contributed by atoms with E-state index in [4.69, 9.17) is 23.9 Å². The highest BCUT2D eigenvalue weighted by Crippen LogP contribution is 2.38. The van der Waals surface area contributed by atoms with Crippen molar-refractivity contribution in [3.8, 4) is 23.0 Å². The summed E-state index contributed by atoms with van der Waals surface area (Å²) in [6, 6.07) is 19.0. The number of methoxy groups -OCH3 is 4. The molecule has 0 radical (unpaired) electrons. The largest absolute Gasteiger partial charge is 0.496 e. The fourth-order valence-corrected chi connectivity index (χ4v) is 3.91. The molecule has 0 aliphatic carbocycles. The van der Waals surface area contributed by atoms with Crippen LogP contribution >= 0.6 is 0 Å². The molecule has 1 heterocycles. The van der Waals surface area contributed by atoms with Gasteiger partial charge in [0.1, 0.15) is 11.6 Å². The predicted molar refractivity (Wildman–Crippen MR) is 129 cm³/mol. The van der Waals surface area contributed by atoms with Crippen LogP contribution in [0, 0.1) is 0 Å². The fraction of sp³-hybridized carbons (Fsp3) is 0.231. The summed E-state index contributed by atoms with van der Waals surface area (Å²) >= 11 is 0. The molecule has 0 saturated heterocycles. The minimum atomic E-state index is -0.282. The van der Waals surface area contributed by atoms with Crippen LogP contribution in [0.3, 0.4) is 0 Å². The van der Waals surface area contributed by atoms with Gasteiger partial charge in [-0.05, 0) is 30.3 Å². The molecule has 0 saturated carbocycles. The molecule has 8 nitrogen and oxygen atoms in total. The van der Waals surface area contributed by atoms with Crippen LogP contribution in [0.25, 0.3) is 11.0 Å². The van der Waals surface area contributed by atoms with E-state index in [2.05, 4.69) is 9.88 Å². The molecule has 1 N–H and O–H groups in total. The predicted octanol–water partition coefficient (Wildman–Crippen LogP) is 4.05. The smallest absolute Gasteiger partial charge is 0.251 e. The molecule has 0 spiro atoms. The van der Waals surface area contributed by atoms with E-state index in [0.717, 1.165) is 28.2 Å². The number of para-hydroxylation sites is 3. The lowest BCUT2D eigenvalue weighted by atomic mass is 10.1. The summed E-state index contributed by atoms with van der Waals surface area (Å²) < 4.78 is 23.7. The minimum absolute atomic E-state index is 0.235. The summed E-state index contributed by atoms with van der Waals surface area (Å²) in [7, 11) is 6.20. The molecule has 0 bridgehead atoms. The van der Waals surface area contributed by atoms with Crippen molar-refractivity contribution in [2.45, 2.75) is 13.1 Å². The third-order valence-corrected chi connectivity index (χ3v) is 5.59. The Morgan fingerprint density at radius 1 is 0.853 bits per heavy atom.